The molecule has 1 unspecified atom stereocenters. The predicted molar refractivity (Wildman–Crippen MR) is 72.9 cm³/mol. The van der Waals surface area contributed by atoms with Crippen molar-refractivity contribution >= 4 is 0 Å². The zero-order valence-corrected chi connectivity index (χ0v) is 11.3. The van der Waals surface area contributed by atoms with E-state index < -0.39 is 17.2 Å². The third kappa shape index (κ3) is 2.38. The molecule has 0 bridgehead atoms. The van der Waals surface area contributed by atoms with Gasteiger partial charge in [0.05, 0.1) is 5.54 Å². The van der Waals surface area contributed by atoms with Crippen molar-refractivity contribution in [1.29, 1.82) is 0 Å². The van der Waals surface area contributed by atoms with E-state index in [1.165, 1.54) is 12.1 Å². The lowest BCUT2D eigenvalue weighted by Gasteiger charge is -2.27. The second-order valence-electron chi connectivity index (χ2n) is 5.13. The standard InChI is InChI=1S/C16H17F2N/c1-10-5-4-6-12(9-10)16(3,19)14-13(17)8-7-11(2)15(14)18/h4-9H,19H2,1-3H3. The van der Waals surface area contributed by atoms with Gasteiger partial charge in [-0.3, -0.25) is 0 Å². The number of rotatable bonds is 2. The van der Waals surface area contributed by atoms with Crippen LogP contribution in [0.15, 0.2) is 36.4 Å². The first-order valence-corrected chi connectivity index (χ1v) is 6.15. The summed E-state index contributed by atoms with van der Waals surface area (Å²) >= 11 is 0. The SMILES string of the molecule is Cc1cccc(C(C)(N)c2c(F)ccc(C)c2F)c1. The van der Waals surface area contributed by atoms with E-state index in [0.29, 0.717) is 11.1 Å². The molecule has 3 heteroatoms. The van der Waals surface area contributed by atoms with Gasteiger partial charge in [-0.05, 0) is 38.0 Å². The molecule has 0 amide bonds. The molecular weight excluding hydrogens is 244 g/mol. The minimum atomic E-state index is -1.20. The van der Waals surface area contributed by atoms with E-state index in [2.05, 4.69) is 0 Å². The summed E-state index contributed by atoms with van der Waals surface area (Å²) in [5.74, 6) is -1.19. The van der Waals surface area contributed by atoms with E-state index in [0.717, 1.165) is 5.56 Å². The third-order valence-corrected chi connectivity index (χ3v) is 3.42. The lowest BCUT2D eigenvalue weighted by atomic mass is 9.83. The predicted octanol–water partition coefficient (Wildman–Crippen LogP) is 3.80. The normalized spacial score (nSPS) is 14.2. The minimum Gasteiger partial charge on any atom is -0.318 e. The van der Waals surface area contributed by atoms with Crippen molar-refractivity contribution in [2.24, 2.45) is 5.73 Å². The molecule has 19 heavy (non-hydrogen) atoms. The van der Waals surface area contributed by atoms with Crippen LogP contribution in [0, 0.1) is 25.5 Å². The summed E-state index contributed by atoms with van der Waals surface area (Å²) in [6.45, 7) is 5.15. The fourth-order valence-corrected chi connectivity index (χ4v) is 2.25. The molecule has 0 heterocycles. The van der Waals surface area contributed by atoms with Crippen molar-refractivity contribution in [2.45, 2.75) is 26.3 Å². The zero-order chi connectivity index (χ0) is 14.2. The molecule has 0 aliphatic rings. The molecule has 0 spiro atoms. The van der Waals surface area contributed by atoms with Crippen LogP contribution in [0.2, 0.25) is 0 Å². The molecule has 0 saturated carbocycles. The lowest BCUT2D eigenvalue weighted by molar-refractivity contribution is 0.478. The van der Waals surface area contributed by atoms with Crippen LogP contribution in [0.4, 0.5) is 8.78 Å². The Kier molecular flexibility index (Phi) is 3.42. The molecule has 0 saturated heterocycles. The van der Waals surface area contributed by atoms with Gasteiger partial charge in [0.15, 0.2) is 0 Å². The highest BCUT2D eigenvalue weighted by Crippen LogP contribution is 2.32. The molecule has 2 rings (SSSR count). The van der Waals surface area contributed by atoms with Gasteiger partial charge in [-0.15, -0.1) is 0 Å². The molecule has 2 N–H and O–H groups in total. The van der Waals surface area contributed by atoms with E-state index >= 15 is 0 Å². The molecule has 1 atom stereocenters. The van der Waals surface area contributed by atoms with Gasteiger partial charge in [0.1, 0.15) is 11.6 Å². The maximum absolute atomic E-state index is 14.2. The van der Waals surface area contributed by atoms with Gasteiger partial charge >= 0.3 is 0 Å². The van der Waals surface area contributed by atoms with E-state index in [-0.39, 0.29) is 5.56 Å². The molecule has 0 aromatic heterocycles. The second-order valence-corrected chi connectivity index (χ2v) is 5.13. The summed E-state index contributed by atoms with van der Waals surface area (Å²) in [5, 5.41) is 0. The summed E-state index contributed by atoms with van der Waals surface area (Å²) < 4.78 is 28.2. The highest BCUT2D eigenvalue weighted by atomic mass is 19.1. The Morgan fingerprint density at radius 1 is 1.05 bits per heavy atom. The molecule has 2 aromatic rings. The average molecular weight is 261 g/mol. The van der Waals surface area contributed by atoms with Gasteiger partial charge in [0.25, 0.3) is 0 Å². The smallest absolute Gasteiger partial charge is 0.134 e. The zero-order valence-electron chi connectivity index (χ0n) is 11.3. The topological polar surface area (TPSA) is 26.0 Å². The summed E-state index contributed by atoms with van der Waals surface area (Å²) in [6, 6.07) is 10.1. The number of hydrogen-bond donors (Lipinski definition) is 1. The van der Waals surface area contributed by atoms with Crippen molar-refractivity contribution in [3.05, 3.63) is 70.3 Å². The summed E-state index contributed by atoms with van der Waals surface area (Å²) in [5.41, 5.74) is 7.01. The van der Waals surface area contributed by atoms with E-state index in [4.69, 9.17) is 5.73 Å². The Bertz CT molecular complexity index is 618. The first kappa shape index (κ1) is 13.7. The number of nitrogens with two attached hydrogens (primary N) is 1. The lowest BCUT2D eigenvalue weighted by Crippen LogP contribution is -2.36. The number of hydrogen-bond acceptors (Lipinski definition) is 1. The molecule has 0 aliphatic heterocycles. The van der Waals surface area contributed by atoms with Crippen molar-refractivity contribution in [2.75, 3.05) is 0 Å². The van der Waals surface area contributed by atoms with Gasteiger partial charge in [-0.2, -0.15) is 0 Å². The number of halogens is 2. The monoisotopic (exact) mass is 261 g/mol. The fourth-order valence-electron chi connectivity index (χ4n) is 2.25. The molecular formula is C16H17F2N. The quantitative estimate of drug-likeness (QED) is 0.874. The molecule has 0 radical (unpaired) electrons. The van der Waals surface area contributed by atoms with Gasteiger partial charge in [-0.25, -0.2) is 8.78 Å². The van der Waals surface area contributed by atoms with Crippen LogP contribution in [-0.4, -0.2) is 0 Å². The Morgan fingerprint density at radius 3 is 2.37 bits per heavy atom. The van der Waals surface area contributed by atoms with Gasteiger partial charge in [0.2, 0.25) is 0 Å². The van der Waals surface area contributed by atoms with Crippen LogP contribution < -0.4 is 5.73 Å². The van der Waals surface area contributed by atoms with Crippen LogP contribution in [0.1, 0.15) is 29.2 Å². The second kappa shape index (κ2) is 4.74. The van der Waals surface area contributed by atoms with Crippen molar-refractivity contribution < 1.29 is 8.78 Å². The number of benzene rings is 2. The number of aryl methyl sites for hydroxylation is 2. The molecule has 2 aromatic carbocycles. The fraction of sp³-hybridized carbons (Fsp3) is 0.250. The molecule has 1 nitrogen and oxygen atoms in total. The largest absolute Gasteiger partial charge is 0.318 e. The van der Waals surface area contributed by atoms with Gasteiger partial charge in [-0.1, -0.05) is 35.9 Å². The molecule has 0 fully saturated rings. The van der Waals surface area contributed by atoms with Crippen LogP contribution in [0.5, 0.6) is 0 Å². The summed E-state index contributed by atoms with van der Waals surface area (Å²) in [6.07, 6.45) is 0. The van der Waals surface area contributed by atoms with E-state index in [1.807, 2.05) is 25.1 Å². The van der Waals surface area contributed by atoms with Crippen LogP contribution >= 0.6 is 0 Å². The molecule has 0 aliphatic carbocycles. The summed E-state index contributed by atoms with van der Waals surface area (Å²) in [7, 11) is 0. The Morgan fingerprint density at radius 2 is 1.74 bits per heavy atom. The Balaban J connectivity index is 2.66. The van der Waals surface area contributed by atoms with Crippen molar-refractivity contribution in [3.8, 4) is 0 Å². The first-order valence-electron chi connectivity index (χ1n) is 6.15. The Hall–Kier alpha value is -1.74. The van der Waals surface area contributed by atoms with E-state index in [1.54, 1.807) is 19.9 Å². The van der Waals surface area contributed by atoms with Crippen molar-refractivity contribution in [1.82, 2.24) is 0 Å². The van der Waals surface area contributed by atoms with Gasteiger partial charge in [0, 0.05) is 5.56 Å². The van der Waals surface area contributed by atoms with Crippen LogP contribution in [0.3, 0.4) is 0 Å². The van der Waals surface area contributed by atoms with Crippen molar-refractivity contribution in [3.63, 3.8) is 0 Å². The summed E-state index contributed by atoms with van der Waals surface area (Å²) in [4.78, 5) is 0. The minimum absolute atomic E-state index is 0.0851. The highest BCUT2D eigenvalue weighted by Gasteiger charge is 2.31. The average Bonchev–Trinajstić information content (AvgIpc) is 2.34. The maximum atomic E-state index is 14.2. The van der Waals surface area contributed by atoms with Gasteiger partial charge < -0.3 is 5.73 Å². The highest BCUT2D eigenvalue weighted by molar-refractivity contribution is 5.41. The maximum Gasteiger partial charge on any atom is 0.134 e. The molecule has 100 valence electrons. The van der Waals surface area contributed by atoms with E-state index in [9.17, 15) is 8.78 Å². The van der Waals surface area contributed by atoms with Crippen LogP contribution in [-0.2, 0) is 5.54 Å². The first-order chi connectivity index (χ1) is 8.84. The third-order valence-electron chi connectivity index (χ3n) is 3.42. The Labute approximate surface area is 112 Å². The van der Waals surface area contributed by atoms with Crippen LogP contribution in [0.25, 0.3) is 0 Å².